The van der Waals surface area contributed by atoms with Crippen LogP contribution in [0.5, 0.6) is 0 Å². The van der Waals surface area contributed by atoms with E-state index in [2.05, 4.69) is 5.43 Å². The lowest BCUT2D eigenvalue weighted by Gasteiger charge is -2.21. The molecule has 1 unspecified atom stereocenters. The van der Waals surface area contributed by atoms with E-state index in [0.717, 1.165) is 43.9 Å². The lowest BCUT2D eigenvalue weighted by atomic mass is 9.95. The van der Waals surface area contributed by atoms with Gasteiger partial charge >= 0.3 is 6.18 Å². The van der Waals surface area contributed by atoms with Gasteiger partial charge in [0.05, 0.1) is 5.56 Å². The highest BCUT2D eigenvalue weighted by Crippen LogP contribution is 2.36. The highest BCUT2D eigenvalue weighted by atomic mass is 19.4. The first-order valence-corrected chi connectivity index (χ1v) is 6.73. The van der Waals surface area contributed by atoms with Crippen molar-refractivity contribution in [2.24, 2.45) is 5.84 Å². The van der Waals surface area contributed by atoms with Crippen LogP contribution in [0.1, 0.15) is 56.2 Å². The van der Waals surface area contributed by atoms with Crippen molar-refractivity contribution in [3.63, 3.8) is 0 Å². The van der Waals surface area contributed by atoms with Gasteiger partial charge in [0.2, 0.25) is 0 Å². The first kappa shape index (κ1) is 16.9. The molecule has 0 saturated carbocycles. The van der Waals surface area contributed by atoms with Crippen LogP contribution in [0.4, 0.5) is 17.6 Å². The summed E-state index contributed by atoms with van der Waals surface area (Å²) in [6, 6.07) is 1.80. The summed E-state index contributed by atoms with van der Waals surface area (Å²) in [6.45, 7) is 2.05. The minimum atomic E-state index is -4.51. The Labute approximate surface area is 116 Å². The maximum absolute atomic E-state index is 13.2. The topological polar surface area (TPSA) is 38.0 Å². The molecule has 1 aromatic rings. The fourth-order valence-corrected chi connectivity index (χ4v) is 2.18. The van der Waals surface area contributed by atoms with Crippen molar-refractivity contribution in [1.29, 1.82) is 0 Å². The van der Waals surface area contributed by atoms with Crippen molar-refractivity contribution >= 4 is 0 Å². The Morgan fingerprint density at radius 3 is 2.45 bits per heavy atom. The van der Waals surface area contributed by atoms with Gasteiger partial charge in [0.25, 0.3) is 0 Å². The van der Waals surface area contributed by atoms with E-state index in [9.17, 15) is 17.6 Å². The fourth-order valence-electron chi connectivity index (χ4n) is 2.18. The van der Waals surface area contributed by atoms with Gasteiger partial charge in [0.1, 0.15) is 5.82 Å². The van der Waals surface area contributed by atoms with Crippen molar-refractivity contribution in [2.45, 2.75) is 51.2 Å². The van der Waals surface area contributed by atoms with E-state index in [0.29, 0.717) is 6.42 Å². The van der Waals surface area contributed by atoms with E-state index >= 15 is 0 Å². The SMILES string of the molecule is CCCCCCC(NN)c1cc(F)ccc1C(F)(F)F. The van der Waals surface area contributed by atoms with Gasteiger partial charge in [-0.1, -0.05) is 32.6 Å². The smallest absolute Gasteiger partial charge is 0.271 e. The Hall–Kier alpha value is -1.14. The zero-order valence-corrected chi connectivity index (χ0v) is 11.4. The van der Waals surface area contributed by atoms with Crippen LogP contribution in [0.2, 0.25) is 0 Å². The lowest BCUT2D eigenvalue weighted by Crippen LogP contribution is -2.30. The molecule has 1 aromatic carbocycles. The molecule has 0 aromatic heterocycles. The summed E-state index contributed by atoms with van der Waals surface area (Å²) in [4.78, 5) is 0. The zero-order chi connectivity index (χ0) is 15.2. The van der Waals surface area contributed by atoms with E-state index in [1.54, 1.807) is 0 Å². The molecule has 0 aliphatic carbocycles. The van der Waals surface area contributed by atoms with Crippen molar-refractivity contribution < 1.29 is 17.6 Å². The molecule has 0 heterocycles. The second-order valence-electron chi connectivity index (χ2n) is 4.80. The molecule has 0 radical (unpaired) electrons. The van der Waals surface area contributed by atoms with E-state index < -0.39 is 23.6 Å². The molecular weight excluding hydrogens is 272 g/mol. The van der Waals surface area contributed by atoms with Crippen LogP contribution in [0.25, 0.3) is 0 Å². The number of hydrogen-bond acceptors (Lipinski definition) is 2. The minimum Gasteiger partial charge on any atom is -0.271 e. The average molecular weight is 292 g/mol. The number of halogens is 4. The van der Waals surface area contributed by atoms with Crippen LogP contribution in [0.3, 0.4) is 0 Å². The fraction of sp³-hybridized carbons (Fsp3) is 0.571. The number of rotatable bonds is 7. The average Bonchev–Trinajstić information content (AvgIpc) is 2.37. The molecule has 0 bridgehead atoms. The van der Waals surface area contributed by atoms with Gasteiger partial charge in [-0.05, 0) is 30.2 Å². The molecule has 0 fully saturated rings. The zero-order valence-electron chi connectivity index (χ0n) is 11.4. The quantitative estimate of drug-likeness (QED) is 0.340. The van der Waals surface area contributed by atoms with Gasteiger partial charge in [-0.15, -0.1) is 0 Å². The molecule has 0 amide bonds. The van der Waals surface area contributed by atoms with Crippen molar-refractivity contribution in [3.05, 3.63) is 35.1 Å². The standard InChI is InChI=1S/C14H20F4N2/c1-2-3-4-5-6-13(20-19)11-9-10(15)7-8-12(11)14(16,17)18/h7-9,13,20H,2-6,19H2,1H3. The van der Waals surface area contributed by atoms with Crippen LogP contribution in [0, 0.1) is 5.82 Å². The molecular formula is C14H20F4N2. The lowest BCUT2D eigenvalue weighted by molar-refractivity contribution is -0.138. The normalized spacial score (nSPS) is 13.5. The van der Waals surface area contributed by atoms with Crippen LogP contribution in [-0.4, -0.2) is 0 Å². The Morgan fingerprint density at radius 2 is 1.90 bits per heavy atom. The molecule has 6 heteroatoms. The highest BCUT2D eigenvalue weighted by Gasteiger charge is 2.35. The number of hydrazine groups is 1. The monoisotopic (exact) mass is 292 g/mol. The highest BCUT2D eigenvalue weighted by molar-refractivity contribution is 5.33. The number of alkyl halides is 3. The van der Waals surface area contributed by atoms with Crippen LogP contribution < -0.4 is 11.3 Å². The third kappa shape index (κ3) is 4.76. The molecule has 0 aliphatic rings. The minimum absolute atomic E-state index is 0.128. The van der Waals surface area contributed by atoms with Gasteiger partial charge < -0.3 is 0 Å². The van der Waals surface area contributed by atoms with E-state index in [1.807, 2.05) is 6.92 Å². The van der Waals surface area contributed by atoms with E-state index in [4.69, 9.17) is 5.84 Å². The Kier molecular flexibility index (Phi) is 6.42. The number of nitrogens with one attached hydrogen (secondary N) is 1. The molecule has 2 nitrogen and oxygen atoms in total. The summed E-state index contributed by atoms with van der Waals surface area (Å²) in [6.07, 6.45) is -0.340. The molecule has 1 rings (SSSR count). The Morgan fingerprint density at radius 1 is 1.20 bits per heavy atom. The van der Waals surface area contributed by atoms with Crippen molar-refractivity contribution in [1.82, 2.24) is 5.43 Å². The van der Waals surface area contributed by atoms with Crippen molar-refractivity contribution in [2.75, 3.05) is 0 Å². The van der Waals surface area contributed by atoms with Gasteiger partial charge in [0.15, 0.2) is 0 Å². The molecule has 20 heavy (non-hydrogen) atoms. The predicted octanol–water partition coefficient (Wildman–Crippen LogP) is 4.32. The molecule has 0 spiro atoms. The first-order valence-electron chi connectivity index (χ1n) is 6.73. The van der Waals surface area contributed by atoms with E-state index in [-0.39, 0.29) is 5.56 Å². The van der Waals surface area contributed by atoms with Gasteiger partial charge in [-0.2, -0.15) is 13.2 Å². The number of hydrogen-bond donors (Lipinski definition) is 2. The predicted molar refractivity (Wildman–Crippen MR) is 70.2 cm³/mol. The summed E-state index contributed by atoms with van der Waals surface area (Å²) >= 11 is 0. The van der Waals surface area contributed by atoms with Crippen LogP contribution in [0.15, 0.2) is 18.2 Å². The summed E-state index contributed by atoms with van der Waals surface area (Å²) in [5.41, 5.74) is 1.40. The summed E-state index contributed by atoms with van der Waals surface area (Å²) in [7, 11) is 0. The molecule has 1 atom stereocenters. The summed E-state index contributed by atoms with van der Waals surface area (Å²) in [5, 5.41) is 0. The van der Waals surface area contributed by atoms with Gasteiger partial charge in [-0.25, -0.2) is 4.39 Å². The molecule has 0 saturated heterocycles. The molecule has 114 valence electrons. The summed E-state index contributed by atoms with van der Waals surface area (Å²) in [5.74, 6) is 4.65. The van der Waals surface area contributed by atoms with Gasteiger partial charge in [-0.3, -0.25) is 11.3 Å². The largest absolute Gasteiger partial charge is 0.416 e. The van der Waals surface area contributed by atoms with E-state index in [1.165, 1.54) is 0 Å². The molecule has 0 aliphatic heterocycles. The maximum atomic E-state index is 13.2. The van der Waals surface area contributed by atoms with Gasteiger partial charge in [0, 0.05) is 6.04 Å². The number of benzene rings is 1. The number of nitrogens with two attached hydrogens (primary N) is 1. The Bertz CT molecular complexity index is 418. The summed E-state index contributed by atoms with van der Waals surface area (Å²) < 4.78 is 52.0. The van der Waals surface area contributed by atoms with Crippen molar-refractivity contribution in [3.8, 4) is 0 Å². The third-order valence-electron chi connectivity index (χ3n) is 3.24. The maximum Gasteiger partial charge on any atom is 0.416 e. The first-order chi connectivity index (χ1) is 9.40. The number of unbranched alkanes of at least 4 members (excludes halogenated alkanes) is 3. The second-order valence-corrected chi connectivity index (χ2v) is 4.80. The van der Waals surface area contributed by atoms with Crippen LogP contribution >= 0.6 is 0 Å². The second kappa shape index (κ2) is 7.59. The van der Waals surface area contributed by atoms with Crippen LogP contribution in [-0.2, 0) is 6.18 Å². The Balaban J connectivity index is 2.92. The third-order valence-corrected chi connectivity index (χ3v) is 3.24. The molecule has 3 N–H and O–H groups in total.